The van der Waals surface area contributed by atoms with Crippen molar-refractivity contribution in [3.8, 4) is 0 Å². The van der Waals surface area contributed by atoms with Crippen LogP contribution in [0.5, 0.6) is 0 Å². The van der Waals surface area contributed by atoms with E-state index in [2.05, 4.69) is 31.5 Å². The van der Waals surface area contributed by atoms with E-state index in [0.29, 0.717) is 6.04 Å². The van der Waals surface area contributed by atoms with E-state index in [4.69, 9.17) is 4.98 Å². The van der Waals surface area contributed by atoms with Gasteiger partial charge >= 0.3 is 0 Å². The molecule has 2 rings (SSSR count). The van der Waals surface area contributed by atoms with Gasteiger partial charge in [-0.2, -0.15) is 0 Å². The first-order valence-corrected chi connectivity index (χ1v) is 8.78. The zero-order chi connectivity index (χ0) is 13.7. The van der Waals surface area contributed by atoms with Gasteiger partial charge in [-0.1, -0.05) is 33.1 Å². The summed E-state index contributed by atoms with van der Waals surface area (Å²) in [5, 5.41) is 7.20. The van der Waals surface area contributed by atoms with Gasteiger partial charge in [-0.25, -0.2) is 4.98 Å². The van der Waals surface area contributed by atoms with Crippen LogP contribution in [0, 0.1) is 18.8 Å². The van der Waals surface area contributed by atoms with E-state index in [0.717, 1.165) is 18.4 Å². The predicted octanol–water partition coefficient (Wildman–Crippen LogP) is 4.71. The Morgan fingerprint density at radius 1 is 1.32 bits per heavy atom. The van der Waals surface area contributed by atoms with E-state index < -0.39 is 0 Å². The highest BCUT2D eigenvalue weighted by Crippen LogP contribution is 2.38. The van der Waals surface area contributed by atoms with Crippen LogP contribution in [-0.2, 0) is 0 Å². The molecule has 1 atom stereocenters. The summed E-state index contributed by atoms with van der Waals surface area (Å²) in [7, 11) is 0. The topological polar surface area (TPSA) is 24.9 Å². The van der Waals surface area contributed by atoms with Crippen molar-refractivity contribution in [3.63, 3.8) is 0 Å². The van der Waals surface area contributed by atoms with Crippen LogP contribution in [0.1, 0.15) is 69.1 Å². The predicted molar refractivity (Wildman–Crippen MR) is 83.6 cm³/mol. The lowest BCUT2D eigenvalue weighted by Crippen LogP contribution is -2.31. The van der Waals surface area contributed by atoms with Crippen LogP contribution in [0.2, 0.25) is 0 Å². The third kappa shape index (κ3) is 4.03. The Bertz CT molecular complexity index is 367. The summed E-state index contributed by atoms with van der Waals surface area (Å²) in [4.78, 5) is 4.73. The Morgan fingerprint density at radius 3 is 2.58 bits per heavy atom. The van der Waals surface area contributed by atoms with Crippen molar-refractivity contribution in [3.05, 3.63) is 16.1 Å². The average Bonchev–Trinajstić information content (AvgIpc) is 2.86. The zero-order valence-corrected chi connectivity index (χ0v) is 13.4. The number of aryl methyl sites for hydroxylation is 1. The minimum atomic E-state index is 0.489. The van der Waals surface area contributed by atoms with Crippen molar-refractivity contribution in [2.24, 2.45) is 11.8 Å². The number of nitrogens with one attached hydrogen (secondary N) is 1. The second-order valence-electron chi connectivity index (χ2n) is 5.91. The molecule has 0 spiro atoms. The minimum Gasteiger partial charge on any atom is -0.308 e. The Hall–Kier alpha value is -0.410. The van der Waals surface area contributed by atoms with Gasteiger partial charge in [-0.15, -0.1) is 11.3 Å². The monoisotopic (exact) mass is 280 g/mol. The molecule has 1 unspecified atom stereocenters. The number of hydrogen-bond acceptors (Lipinski definition) is 3. The zero-order valence-electron chi connectivity index (χ0n) is 12.6. The van der Waals surface area contributed by atoms with E-state index in [1.807, 2.05) is 0 Å². The molecule has 1 N–H and O–H groups in total. The Morgan fingerprint density at radius 2 is 2.05 bits per heavy atom. The standard InChI is InChI=1S/C16H28N2S/c1-4-10-17-16(15-11-19-12(3)18-15)14-8-6-13(5-2)7-9-14/h11,13-14,16-17H,4-10H2,1-3H3. The van der Waals surface area contributed by atoms with E-state index in [1.165, 1.54) is 49.2 Å². The lowest BCUT2D eigenvalue weighted by Gasteiger charge is -2.33. The van der Waals surface area contributed by atoms with Gasteiger partial charge in [0.05, 0.1) is 16.7 Å². The fourth-order valence-corrected chi connectivity index (χ4v) is 3.91. The Kier molecular flexibility index (Phi) is 5.83. The van der Waals surface area contributed by atoms with Crippen LogP contribution in [0.3, 0.4) is 0 Å². The highest BCUT2D eigenvalue weighted by molar-refractivity contribution is 7.09. The highest BCUT2D eigenvalue weighted by atomic mass is 32.1. The van der Waals surface area contributed by atoms with Crippen molar-refractivity contribution in [1.82, 2.24) is 10.3 Å². The van der Waals surface area contributed by atoms with Crippen LogP contribution in [-0.4, -0.2) is 11.5 Å². The molecule has 1 aromatic rings. The number of aromatic nitrogens is 1. The normalized spacial score (nSPS) is 25.4. The van der Waals surface area contributed by atoms with Crippen LogP contribution < -0.4 is 5.32 Å². The van der Waals surface area contributed by atoms with E-state index >= 15 is 0 Å². The molecule has 0 aliphatic heterocycles. The molecule has 1 aliphatic carbocycles. The number of hydrogen-bond donors (Lipinski definition) is 1. The third-order valence-electron chi connectivity index (χ3n) is 4.51. The van der Waals surface area contributed by atoms with Crippen LogP contribution in [0.15, 0.2) is 5.38 Å². The molecule has 108 valence electrons. The fourth-order valence-electron chi connectivity index (χ4n) is 3.27. The van der Waals surface area contributed by atoms with Crippen LogP contribution >= 0.6 is 11.3 Å². The second-order valence-corrected chi connectivity index (χ2v) is 6.97. The van der Waals surface area contributed by atoms with Crippen molar-refractivity contribution >= 4 is 11.3 Å². The summed E-state index contributed by atoms with van der Waals surface area (Å²) in [6.45, 7) is 7.79. The summed E-state index contributed by atoms with van der Waals surface area (Å²) in [6.07, 6.45) is 8.12. The van der Waals surface area contributed by atoms with Gasteiger partial charge in [0.1, 0.15) is 0 Å². The highest BCUT2D eigenvalue weighted by Gasteiger charge is 2.28. The second kappa shape index (κ2) is 7.39. The van der Waals surface area contributed by atoms with Gasteiger partial charge in [-0.05, 0) is 44.6 Å². The number of thiazole rings is 1. The van der Waals surface area contributed by atoms with Crippen molar-refractivity contribution in [2.45, 2.75) is 65.3 Å². The van der Waals surface area contributed by atoms with Gasteiger partial charge in [0.15, 0.2) is 0 Å². The van der Waals surface area contributed by atoms with E-state index in [-0.39, 0.29) is 0 Å². The van der Waals surface area contributed by atoms with Crippen molar-refractivity contribution in [1.29, 1.82) is 0 Å². The average molecular weight is 280 g/mol. The first kappa shape index (κ1) is 15.0. The van der Waals surface area contributed by atoms with E-state index in [9.17, 15) is 0 Å². The maximum Gasteiger partial charge on any atom is 0.0898 e. The number of rotatable bonds is 6. The molecule has 0 aromatic carbocycles. The molecule has 1 heterocycles. The molecule has 19 heavy (non-hydrogen) atoms. The Labute approximate surface area is 122 Å². The maximum atomic E-state index is 4.73. The largest absolute Gasteiger partial charge is 0.308 e. The van der Waals surface area contributed by atoms with Gasteiger partial charge in [0, 0.05) is 5.38 Å². The summed E-state index contributed by atoms with van der Waals surface area (Å²) in [5.41, 5.74) is 1.29. The summed E-state index contributed by atoms with van der Waals surface area (Å²) < 4.78 is 0. The quantitative estimate of drug-likeness (QED) is 0.816. The maximum absolute atomic E-state index is 4.73. The molecule has 0 saturated heterocycles. The molecule has 0 bridgehead atoms. The molecule has 3 heteroatoms. The van der Waals surface area contributed by atoms with Gasteiger partial charge in [0.2, 0.25) is 0 Å². The minimum absolute atomic E-state index is 0.489. The lowest BCUT2D eigenvalue weighted by atomic mass is 9.77. The Balaban J connectivity index is 2.01. The summed E-state index contributed by atoms with van der Waals surface area (Å²) >= 11 is 1.78. The summed E-state index contributed by atoms with van der Waals surface area (Å²) in [5.74, 6) is 1.76. The van der Waals surface area contributed by atoms with Gasteiger partial charge < -0.3 is 5.32 Å². The lowest BCUT2D eigenvalue weighted by molar-refractivity contribution is 0.216. The first-order chi connectivity index (χ1) is 9.24. The first-order valence-electron chi connectivity index (χ1n) is 7.90. The van der Waals surface area contributed by atoms with E-state index in [1.54, 1.807) is 11.3 Å². The molecule has 1 aliphatic rings. The molecule has 1 aromatic heterocycles. The third-order valence-corrected chi connectivity index (χ3v) is 5.30. The SMILES string of the molecule is CCCNC(c1csc(C)n1)C1CCC(CC)CC1. The smallest absolute Gasteiger partial charge is 0.0898 e. The molecule has 0 amide bonds. The van der Waals surface area contributed by atoms with Gasteiger partial charge in [-0.3, -0.25) is 0 Å². The van der Waals surface area contributed by atoms with Crippen LogP contribution in [0.4, 0.5) is 0 Å². The van der Waals surface area contributed by atoms with Crippen molar-refractivity contribution in [2.75, 3.05) is 6.54 Å². The molecule has 1 saturated carbocycles. The van der Waals surface area contributed by atoms with Crippen LogP contribution in [0.25, 0.3) is 0 Å². The fraction of sp³-hybridized carbons (Fsp3) is 0.812. The molecular weight excluding hydrogens is 252 g/mol. The molecule has 1 fully saturated rings. The molecule has 2 nitrogen and oxygen atoms in total. The van der Waals surface area contributed by atoms with Crippen molar-refractivity contribution < 1.29 is 0 Å². The number of nitrogens with zero attached hydrogens (tertiary/aromatic N) is 1. The molecule has 0 radical (unpaired) electrons. The van der Waals surface area contributed by atoms with Gasteiger partial charge in [0.25, 0.3) is 0 Å². The molecular formula is C16H28N2S. The summed E-state index contributed by atoms with van der Waals surface area (Å²) in [6, 6.07) is 0.489.